The van der Waals surface area contributed by atoms with Gasteiger partial charge in [0, 0.05) is 13.1 Å². The molecule has 6 nitrogen and oxygen atoms in total. The summed E-state index contributed by atoms with van der Waals surface area (Å²) < 4.78 is 30.4. The summed E-state index contributed by atoms with van der Waals surface area (Å²) >= 11 is 0. The van der Waals surface area contributed by atoms with Crippen molar-refractivity contribution in [2.75, 3.05) is 26.5 Å². The Kier molecular flexibility index (Phi) is 7.17. The van der Waals surface area contributed by atoms with Gasteiger partial charge in [-0.3, -0.25) is 4.79 Å². The highest BCUT2D eigenvalue weighted by atomic mass is 32.2. The molecule has 0 heterocycles. The van der Waals surface area contributed by atoms with Crippen LogP contribution >= 0.6 is 0 Å². The van der Waals surface area contributed by atoms with Crippen molar-refractivity contribution in [2.45, 2.75) is 13.0 Å². The molecule has 0 aliphatic heterocycles. The second-order valence-electron chi connectivity index (χ2n) is 5.93. The van der Waals surface area contributed by atoms with Gasteiger partial charge in [0.1, 0.15) is 5.75 Å². The van der Waals surface area contributed by atoms with Crippen LogP contribution in [-0.2, 0) is 27.8 Å². The molecule has 1 amide bonds. The van der Waals surface area contributed by atoms with Crippen LogP contribution < -0.4 is 10.1 Å². The van der Waals surface area contributed by atoms with E-state index in [-0.39, 0.29) is 19.0 Å². The molecule has 7 heteroatoms. The van der Waals surface area contributed by atoms with Gasteiger partial charge in [-0.15, -0.1) is 0 Å². The summed E-state index contributed by atoms with van der Waals surface area (Å²) in [4.78, 5) is 12.2. The monoisotopic (exact) mass is 376 g/mol. The van der Waals surface area contributed by atoms with Crippen LogP contribution in [0.5, 0.6) is 5.75 Å². The van der Waals surface area contributed by atoms with Gasteiger partial charge < -0.3 is 10.1 Å². The number of nitrogens with zero attached hydrogens (tertiary/aromatic N) is 1. The lowest BCUT2D eigenvalue weighted by molar-refractivity contribution is -0.121. The van der Waals surface area contributed by atoms with E-state index < -0.39 is 10.0 Å². The minimum Gasteiger partial charge on any atom is -0.496 e. The number of methoxy groups -OCH3 is 1. The van der Waals surface area contributed by atoms with Gasteiger partial charge in [0.25, 0.3) is 0 Å². The third kappa shape index (κ3) is 6.16. The maximum absolute atomic E-state index is 12.2. The summed E-state index contributed by atoms with van der Waals surface area (Å²) in [6.07, 6.45) is 1.71. The Balaban J connectivity index is 1.91. The normalized spacial score (nSPS) is 11.3. The van der Waals surface area contributed by atoms with E-state index in [2.05, 4.69) is 5.32 Å². The fourth-order valence-electron chi connectivity index (χ4n) is 2.54. The van der Waals surface area contributed by atoms with Gasteiger partial charge in [-0.1, -0.05) is 48.5 Å². The Morgan fingerprint density at radius 3 is 2.38 bits per heavy atom. The first-order valence-electron chi connectivity index (χ1n) is 8.28. The minimum atomic E-state index is -3.49. The summed E-state index contributed by atoms with van der Waals surface area (Å²) in [5.74, 6) is 0.435. The van der Waals surface area contributed by atoms with Crippen LogP contribution in [0.1, 0.15) is 11.1 Å². The standard InChI is InChI=1S/C19H24N2O4S/c1-25-18-11-7-6-10-17(18)12-13-20-19(22)15-21(26(2,23)24)14-16-8-4-3-5-9-16/h3-11H,12-15H2,1-2H3,(H,20,22). The molecule has 2 aromatic rings. The van der Waals surface area contributed by atoms with Gasteiger partial charge >= 0.3 is 0 Å². The van der Waals surface area contributed by atoms with Crippen LogP contribution in [0.4, 0.5) is 0 Å². The molecule has 0 unspecified atom stereocenters. The van der Waals surface area contributed by atoms with Crippen molar-refractivity contribution < 1.29 is 17.9 Å². The predicted octanol–water partition coefficient (Wildman–Crippen LogP) is 1.82. The van der Waals surface area contributed by atoms with Crippen LogP contribution in [0, 0.1) is 0 Å². The number of nitrogens with one attached hydrogen (secondary N) is 1. The quantitative estimate of drug-likeness (QED) is 0.724. The maximum Gasteiger partial charge on any atom is 0.235 e. The van der Waals surface area contributed by atoms with Crippen molar-refractivity contribution in [3.8, 4) is 5.75 Å². The molecule has 1 N–H and O–H groups in total. The Morgan fingerprint density at radius 2 is 1.73 bits per heavy atom. The lowest BCUT2D eigenvalue weighted by Gasteiger charge is -2.19. The highest BCUT2D eigenvalue weighted by molar-refractivity contribution is 7.88. The number of ether oxygens (including phenoxy) is 1. The number of para-hydroxylation sites is 1. The van der Waals surface area contributed by atoms with Crippen molar-refractivity contribution in [1.82, 2.24) is 9.62 Å². The van der Waals surface area contributed by atoms with Crippen LogP contribution in [0.25, 0.3) is 0 Å². The third-order valence-electron chi connectivity index (χ3n) is 3.90. The molecule has 2 rings (SSSR count). The fraction of sp³-hybridized carbons (Fsp3) is 0.316. The van der Waals surface area contributed by atoms with E-state index >= 15 is 0 Å². The summed E-state index contributed by atoms with van der Waals surface area (Å²) in [5, 5.41) is 2.77. The zero-order chi connectivity index (χ0) is 19.0. The molecular weight excluding hydrogens is 352 g/mol. The summed E-state index contributed by atoms with van der Waals surface area (Å²) in [6.45, 7) is 0.362. The van der Waals surface area contributed by atoms with E-state index in [4.69, 9.17) is 4.74 Å². The number of benzene rings is 2. The molecule has 0 bridgehead atoms. The van der Waals surface area contributed by atoms with Crippen molar-refractivity contribution in [3.63, 3.8) is 0 Å². The third-order valence-corrected chi connectivity index (χ3v) is 5.10. The Morgan fingerprint density at radius 1 is 1.08 bits per heavy atom. The number of rotatable bonds is 9. The average Bonchev–Trinajstić information content (AvgIpc) is 2.61. The summed E-state index contributed by atoms with van der Waals surface area (Å²) in [5.41, 5.74) is 1.82. The van der Waals surface area contributed by atoms with Crippen molar-refractivity contribution >= 4 is 15.9 Å². The lowest BCUT2D eigenvalue weighted by atomic mass is 10.1. The molecule has 0 radical (unpaired) electrons. The Hall–Kier alpha value is -2.38. The van der Waals surface area contributed by atoms with E-state index in [9.17, 15) is 13.2 Å². The van der Waals surface area contributed by atoms with Crippen LogP contribution in [0.15, 0.2) is 54.6 Å². The molecule has 0 spiro atoms. The van der Waals surface area contributed by atoms with E-state index in [0.717, 1.165) is 23.1 Å². The molecule has 0 aliphatic rings. The molecule has 2 aromatic carbocycles. The number of carbonyl (C=O) groups excluding carboxylic acids is 1. The molecule has 0 saturated carbocycles. The number of sulfonamides is 1. The second kappa shape index (κ2) is 9.35. The molecule has 0 fully saturated rings. The SMILES string of the molecule is COc1ccccc1CCNC(=O)CN(Cc1ccccc1)S(C)(=O)=O. The predicted molar refractivity (Wildman–Crippen MR) is 101 cm³/mol. The Labute approximate surface area is 154 Å². The number of carbonyl (C=O) groups is 1. The fourth-order valence-corrected chi connectivity index (χ4v) is 3.27. The first-order valence-corrected chi connectivity index (χ1v) is 10.1. The number of amides is 1. The van der Waals surface area contributed by atoms with E-state index in [1.807, 2.05) is 54.6 Å². The smallest absolute Gasteiger partial charge is 0.235 e. The molecular formula is C19H24N2O4S. The zero-order valence-corrected chi connectivity index (χ0v) is 15.8. The van der Waals surface area contributed by atoms with Crippen molar-refractivity contribution in [2.24, 2.45) is 0 Å². The summed E-state index contributed by atoms with van der Waals surface area (Å²) in [6, 6.07) is 16.8. The zero-order valence-electron chi connectivity index (χ0n) is 15.0. The van der Waals surface area contributed by atoms with E-state index in [0.29, 0.717) is 13.0 Å². The molecule has 26 heavy (non-hydrogen) atoms. The lowest BCUT2D eigenvalue weighted by Crippen LogP contribution is -2.40. The number of hydrogen-bond donors (Lipinski definition) is 1. The maximum atomic E-state index is 12.2. The molecule has 140 valence electrons. The molecule has 0 aromatic heterocycles. The Bertz CT molecular complexity index is 822. The number of hydrogen-bond acceptors (Lipinski definition) is 4. The molecule has 0 atom stereocenters. The first kappa shape index (κ1) is 19.9. The highest BCUT2D eigenvalue weighted by Gasteiger charge is 2.20. The van der Waals surface area contributed by atoms with E-state index in [1.54, 1.807) is 7.11 Å². The minimum absolute atomic E-state index is 0.166. The van der Waals surface area contributed by atoms with Crippen molar-refractivity contribution in [3.05, 3.63) is 65.7 Å². The highest BCUT2D eigenvalue weighted by Crippen LogP contribution is 2.17. The first-order chi connectivity index (χ1) is 12.4. The average molecular weight is 376 g/mol. The van der Waals surface area contributed by atoms with Gasteiger partial charge in [0.15, 0.2) is 0 Å². The second-order valence-corrected chi connectivity index (χ2v) is 7.91. The van der Waals surface area contributed by atoms with Crippen LogP contribution in [0.2, 0.25) is 0 Å². The van der Waals surface area contributed by atoms with E-state index in [1.165, 1.54) is 4.31 Å². The summed E-state index contributed by atoms with van der Waals surface area (Å²) in [7, 11) is -1.89. The van der Waals surface area contributed by atoms with Crippen LogP contribution in [0.3, 0.4) is 0 Å². The van der Waals surface area contributed by atoms with Crippen LogP contribution in [-0.4, -0.2) is 45.1 Å². The topological polar surface area (TPSA) is 75.7 Å². The van der Waals surface area contributed by atoms with Gasteiger partial charge in [-0.05, 0) is 23.6 Å². The van der Waals surface area contributed by atoms with Crippen molar-refractivity contribution in [1.29, 1.82) is 0 Å². The van der Waals surface area contributed by atoms with Gasteiger partial charge in [0.2, 0.25) is 15.9 Å². The molecule has 0 aliphatic carbocycles. The largest absolute Gasteiger partial charge is 0.496 e. The van der Waals surface area contributed by atoms with Gasteiger partial charge in [-0.2, -0.15) is 4.31 Å². The van der Waals surface area contributed by atoms with Gasteiger partial charge in [-0.25, -0.2) is 8.42 Å². The molecule has 0 saturated heterocycles. The van der Waals surface area contributed by atoms with Gasteiger partial charge in [0.05, 0.1) is 19.9 Å².